The Morgan fingerprint density at radius 3 is 2.48 bits per heavy atom. The van der Waals surface area contributed by atoms with Gasteiger partial charge in [-0.05, 0) is 63.6 Å². The number of likely N-dealkylation sites (tertiary alicyclic amines) is 1. The van der Waals surface area contributed by atoms with Crippen LogP contribution in [-0.2, 0) is 6.54 Å². The molecule has 1 fully saturated rings. The van der Waals surface area contributed by atoms with Crippen molar-refractivity contribution < 1.29 is 0 Å². The van der Waals surface area contributed by atoms with Crippen LogP contribution < -0.4 is 5.32 Å². The summed E-state index contributed by atoms with van der Waals surface area (Å²) >= 11 is 0. The maximum absolute atomic E-state index is 3.71. The number of nitrogens with zero attached hydrogens (tertiary/aromatic N) is 2. The highest BCUT2D eigenvalue weighted by molar-refractivity contribution is 5.51. The van der Waals surface area contributed by atoms with Crippen molar-refractivity contribution in [3.8, 4) is 0 Å². The number of benzene rings is 1. The minimum Gasteiger partial charge on any atom is -0.385 e. The van der Waals surface area contributed by atoms with Crippen LogP contribution in [0.25, 0.3) is 0 Å². The van der Waals surface area contributed by atoms with Crippen molar-refractivity contribution in [2.45, 2.75) is 33.2 Å². The van der Waals surface area contributed by atoms with Crippen LogP contribution in [0.3, 0.4) is 0 Å². The average Bonchev–Trinajstić information content (AvgIpc) is 2.53. The third kappa shape index (κ3) is 5.01. The average molecular weight is 289 g/mol. The van der Waals surface area contributed by atoms with E-state index >= 15 is 0 Å². The molecule has 0 aromatic heterocycles. The molecule has 0 unspecified atom stereocenters. The number of piperidine rings is 1. The SMILES string of the molecule is CCN(CC)Cc1ccccc1NCC1CCN(C)CC1. The van der Waals surface area contributed by atoms with Crippen LogP contribution in [0.1, 0.15) is 32.3 Å². The summed E-state index contributed by atoms with van der Waals surface area (Å²) in [6.45, 7) is 11.3. The first-order valence-corrected chi connectivity index (χ1v) is 8.45. The molecule has 0 amide bonds. The largest absolute Gasteiger partial charge is 0.385 e. The Labute approximate surface area is 130 Å². The van der Waals surface area contributed by atoms with Gasteiger partial charge >= 0.3 is 0 Å². The van der Waals surface area contributed by atoms with E-state index in [0.29, 0.717) is 0 Å². The third-order valence-corrected chi connectivity index (χ3v) is 4.73. The number of para-hydroxylation sites is 1. The first kappa shape index (κ1) is 16.3. The van der Waals surface area contributed by atoms with Gasteiger partial charge in [0, 0.05) is 18.8 Å². The van der Waals surface area contributed by atoms with Crippen LogP contribution in [0.4, 0.5) is 5.69 Å². The van der Waals surface area contributed by atoms with Crippen molar-refractivity contribution in [2.75, 3.05) is 45.1 Å². The van der Waals surface area contributed by atoms with Crippen molar-refractivity contribution in [3.05, 3.63) is 29.8 Å². The molecule has 1 saturated heterocycles. The molecule has 1 aliphatic rings. The van der Waals surface area contributed by atoms with Gasteiger partial charge in [0.25, 0.3) is 0 Å². The molecule has 3 heteroatoms. The molecule has 1 aromatic rings. The fourth-order valence-electron chi connectivity index (χ4n) is 3.04. The summed E-state index contributed by atoms with van der Waals surface area (Å²) < 4.78 is 0. The Kier molecular flexibility index (Phi) is 6.52. The van der Waals surface area contributed by atoms with Crippen LogP contribution in [0.15, 0.2) is 24.3 Å². The Morgan fingerprint density at radius 2 is 1.81 bits per heavy atom. The maximum Gasteiger partial charge on any atom is 0.0385 e. The molecule has 1 aliphatic heterocycles. The van der Waals surface area contributed by atoms with Crippen molar-refractivity contribution in [1.29, 1.82) is 0 Å². The number of nitrogens with one attached hydrogen (secondary N) is 1. The normalized spacial score (nSPS) is 17.3. The lowest BCUT2D eigenvalue weighted by atomic mass is 9.97. The molecule has 118 valence electrons. The maximum atomic E-state index is 3.71. The predicted octanol–water partition coefficient (Wildman–Crippen LogP) is 3.28. The fourth-order valence-corrected chi connectivity index (χ4v) is 3.04. The van der Waals surface area contributed by atoms with Crippen molar-refractivity contribution in [3.63, 3.8) is 0 Å². The smallest absolute Gasteiger partial charge is 0.0385 e. The van der Waals surface area contributed by atoms with Gasteiger partial charge in [-0.1, -0.05) is 32.0 Å². The number of rotatable bonds is 7. The topological polar surface area (TPSA) is 18.5 Å². The molecule has 21 heavy (non-hydrogen) atoms. The van der Waals surface area contributed by atoms with E-state index in [1.807, 2.05) is 0 Å². The summed E-state index contributed by atoms with van der Waals surface area (Å²) in [6.07, 6.45) is 2.64. The minimum absolute atomic E-state index is 0.822. The molecule has 3 nitrogen and oxygen atoms in total. The zero-order chi connectivity index (χ0) is 15.1. The Balaban J connectivity index is 1.90. The van der Waals surface area contributed by atoms with Crippen LogP contribution in [-0.4, -0.2) is 49.6 Å². The summed E-state index contributed by atoms with van der Waals surface area (Å²) in [7, 11) is 2.23. The molecule has 0 atom stereocenters. The van der Waals surface area contributed by atoms with Gasteiger partial charge in [0.05, 0.1) is 0 Å². The highest BCUT2D eigenvalue weighted by Gasteiger charge is 2.16. The number of anilines is 1. The second kappa shape index (κ2) is 8.40. The fraction of sp³-hybridized carbons (Fsp3) is 0.667. The highest BCUT2D eigenvalue weighted by atomic mass is 15.1. The van der Waals surface area contributed by atoms with Gasteiger partial charge in [0.2, 0.25) is 0 Å². The van der Waals surface area contributed by atoms with E-state index in [2.05, 4.69) is 60.3 Å². The molecule has 0 saturated carbocycles. The van der Waals surface area contributed by atoms with E-state index in [9.17, 15) is 0 Å². The second-order valence-corrected chi connectivity index (χ2v) is 6.25. The molecular formula is C18H31N3. The van der Waals surface area contributed by atoms with Gasteiger partial charge in [-0.15, -0.1) is 0 Å². The third-order valence-electron chi connectivity index (χ3n) is 4.73. The van der Waals surface area contributed by atoms with Crippen LogP contribution in [0.5, 0.6) is 0 Å². The van der Waals surface area contributed by atoms with Gasteiger partial charge in [-0.2, -0.15) is 0 Å². The summed E-state index contributed by atoms with van der Waals surface area (Å²) in [4.78, 5) is 4.90. The van der Waals surface area contributed by atoms with Gasteiger partial charge in [0.1, 0.15) is 0 Å². The molecule has 1 aromatic carbocycles. The zero-order valence-electron chi connectivity index (χ0n) is 13.9. The summed E-state index contributed by atoms with van der Waals surface area (Å²) in [6, 6.07) is 8.78. The standard InChI is InChI=1S/C18H31N3/c1-4-21(5-2)15-17-8-6-7-9-18(17)19-14-16-10-12-20(3)13-11-16/h6-9,16,19H,4-5,10-15H2,1-3H3. The van der Waals surface area contributed by atoms with Gasteiger partial charge in [-0.25, -0.2) is 0 Å². The molecule has 0 spiro atoms. The molecule has 2 rings (SSSR count). The van der Waals surface area contributed by atoms with Crippen molar-refractivity contribution >= 4 is 5.69 Å². The van der Waals surface area contributed by atoms with Gasteiger partial charge < -0.3 is 10.2 Å². The zero-order valence-corrected chi connectivity index (χ0v) is 13.9. The van der Waals surface area contributed by atoms with Gasteiger partial charge in [0.15, 0.2) is 0 Å². The summed E-state index contributed by atoms with van der Waals surface area (Å²) in [5.74, 6) is 0.822. The number of hydrogen-bond acceptors (Lipinski definition) is 3. The van der Waals surface area contributed by atoms with E-state index in [-0.39, 0.29) is 0 Å². The molecule has 0 radical (unpaired) electrons. The lowest BCUT2D eigenvalue weighted by Crippen LogP contribution is -2.33. The van der Waals surface area contributed by atoms with E-state index in [4.69, 9.17) is 0 Å². The van der Waals surface area contributed by atoms with Crippen LogP contribution >= 0.6 is 0 Å². The second-order valence-electron chi connectivity index (χ2n) is 6.25. The predicted molar refractivity (Wildman–Crippen MR) is 91.8 cm³/mol. The summed E-state index contributed by atoms with van der Waals surface area (Å²) in [5, 5.41) is 3.71. The molecular weight excluding hydrogens is 258 g/mol. The summed E-state index contributed by atoms with van der Waals surface area (Å²) in [5.41, 5.74) is 2.75. The lowest BCUT2D eigenvalue weighted by molar-refractivity contribution is 0.226. The lowest BCUT2D eigenvalue weighted by Gasteiger charge is -2.29. The molecule has 0 aliphatic carbocycles. The Bertz CT molecular complexity index is 407. The highest BCUT2D eigenvalue weighted by Crippen LogP contribution is 2.20. The first-order valence-electron chi connectivity index (χ1n) is 8.45. The van der Waals surface area contributed by atoms with Crippen LogP contribution in [0.2, 0.25) is 0 Å². The quantitative estimate of drug-likeness (QED) is 0.831. The molecule has 1 N–H and O–H groups in total. The minimum atomic E-state index is 0.822. The van der Waals surface area contributed by atoms with Crippen molar-refractivity contribution in [2.24, 2.45) is 5.92 Å². The van der Waals surface area contributed by atoms with E-state index in [1.54, 1.807) is 0 Å². The Hall–Kier alpha value is -1.06. The van der Waals surface area contributed by atoms with E-state index in [0.717, 1.165) is 32.1 Å². The van der Waals surface area contributed by atoms with E-state index in [1.165, 1.54) is 37.2 Å². The van der Waals surface area contributed by atoms with Crippen molar-refractivity contribution in [1.82, 2.24) is 9.80 Å². The molecule has 1 heterocycles. The first-order chi connectivity index (χ1) is 10.2. The van der Waals surface area contributed by atoms with Gasteiger partial charge in [-0.3, -0.25) is 4.90 Å². The Morgan fingerprint density at radius 1 is 1.14 bits per heavy atom. The van der Waals surface area contributed by atoms with Crippen LogP contribution in [0, 0.1) is 5.92 Å². The van der Waals surface area contributed by atoms with E-state index < -0.39 is 0 Å². The number of hydrogen-bond donors (Lipinski definition) is 1. The monoisotopic (exact) mass is 289 g/mol. The molecule has 0 bridgehead atoms.